The van der Waals surface area contributed by atoms with Crippen LogP contribution >= 0.6 is 11.6 Å². The van der Waals surface area contributed by atoms with Crippen LogP contribution in [0.1, 0.15) is 17.3 Å². The molecule has 96 valence electrons. The van der Waals surface area contributed by atoms with Crippen LogP contribution in [0.5, 0.6) is 0 Å². The molecule has 0 unspecified atom stereocenters. The Bertz CT molecular complexity index is 486. The van der Waals surface area contributed by atoms with Gasteiger partial charge in [0, 0.05) is 19.0 Å². The summed E-state index contributed by atoms with van der Waals surface area (Å²) in [6.45, 7) is 5.13. The molecule has 0 spiro atoms. The van der Waals surface area contributed by atoms with E-state index < -0.39 is 0 Å². The van der Waals surface area contributed by atoms with Crippen LogP contribution in [-0.4, -0.2) is 25.4 Å². The fraction of sp³-hybridized carbons (Fsp3) is 0.231. The van der Waals surface area contributed by atoms with Gasteiger partial charge in [0.2, 0.25) is 5.91 Å². The molecule has 18 heavy (non-hydrogen) atoms. The molecule has 0 atom stereocenters. The minimum atomic E-state index is -0.291. The average Bonchev–Trinajstić information content (AvgIpc) is 2.34. The largest absolute Gasteiger partial charge is 0.347 e. The highest BCUT2D eigenvalue weighted by atomic mass is 35.5. The highest BCUT2D eigenvalue weighted by Crippen LogP contribution is 2.19. The fourth-order valence-corrected chi connectivity index (χ4v) is 1.47. The smallest absolute Gasteiger partial charge is 0.253 e. The summed E-state index contributed by atoms with van der Waals surface area (Å²) in [5.41, 5.74) is 0.982. The molecule has 0 saturated carbocycles. The van der Waals surface area contributed by atoms with E-state index in [0.29, 0.717) is 16.3 Å². The van der Waals surface area contributed by atoms with E-state index in [2.05, 4.69) is 11.9 Å². The molecule has 0 radical (unpaired) electrons. The van der Waals surface area contributed by atoms with Crippen LogP contribution in [-0.2, 0) is 4.79 Å². The molecule has 2 amide bonds. The average molecular weight is 267 g/mol. The molecule has 0 aliphatic carbocycles. The van der Waals surface area contributed by atoms with Gasteiger partial charge in [0.15, 0.2) is 0 Å². The highest BCUT2D eigenvalue weighted by molar-refractivity contribution is 6.29. The summed E-state index contributed by atoms with van der Waals surface area (Å²) in [7, 11) is 1.62. The van der Waals surface area contributed by atoms with Crippen molar-refractivity contribution in [1.29, 1.82) is 0 Å². The van der Waals surface area contributed by atoms with E-state index in [9.17, 15) is 9.59 Å². The molecule has 4 nitrogen and oxygen atoms in total. The normalized spacial score (nSPS) is 9.72. The van der Waals surface area contributed by atoms with Gasteiger partial charge in [-0.2, -0.15) is 0 Å². The third-order valence-corrected chi connectivity index (χ3v) is 2.56. The Morgan fingerprint density at radius 1 is 1.39 bits per heavy atom. The molecular weight excluding hydrogens is 252 g/mol. The van der Waals surface area contributed by atoms with Crippen molar-refractivity contribution in [2.75, 3.05) is 18.5 Å². The van der Waals surface area contributed by atoms with Crippen LogP contribution in [0.2, 0.25) is 0 Å². The SMILES string of the molecule is C=C(Cl)CNC(=O)c1ccccc1N(C)C(C)=O. The van der Waals surface area contributed by atoms with Crippen LogP contribution in [0.4, 0.5) is 5.69 Å². The van der Waals surface area contributed by atoms with E-state index in [0.717, 1.165) is 0 Å². The number of carbonyl (C=O) groups excluding carboxylic acids is 2. The fourth-order valence-electron chi connectivity index (χ4n) is 1.40. The first-order valence-electron chi connectivity index (χ1n) is 5.38. The van der Waals surface area contributed by atoms with Gasteiger partial charge < -0.3 is 10.2 Å². The van der Waals surface area contributed by atoms with Gasteiger partial charge in [0.25, 0.3) is 5.91 Å². The lowest BCUT2D eigenvalue weighted by Crippen LogP contribution is -2.29. The van der Waals surface area contributed by atoms with Gasteiger partial charge in [-0.3, -0.25) is 9.59 Å². The number of rotatable bonds is 4. The van der Waals surface area contributed by atoms with Gasteiger partial charge in [0.1, 0.15) is 0 Å². The molecule has 0 heterocycles. The van der Waals surface area contributed by atoms with Crippen molar-refractivity contribution in [3.05, 3.63) is 41.4 Å². The third-order valence-electron chi connectivity index (χ3n) is 2.42. The molecule has 0 fully saturated rings. The van der Waals surface area contributed by atoms with Gasteiger partial charge in [-0.15, -0.1) is 0 Å². The van der Waals surface area contributed by atoms with Crippen LogP contribution in [0.15, 0.2) is 35.9 Å². The molecule has 1 N–H and O–H groups in total. The van der Waals surface area contributed by atoms with E-state index >= 15 is 0 Å². The van der Waals surface area contributed by atoms with Gasteiger partial charge in [-0.1, -0.05) is 30.3 Å². The van der Waals surface area contributed by atoms with E-state index in [1.807, 2.05) is 0 Å². The van der Waals surface area contributed by atoms with Gasteiger partial charge >= 0.3 is 0 Å². The molecule has 0 bridgehead atoms. The summed E-state index contributed by atoms with van der Waals surface area (Å²) in [6.07, 6.45) is 0. The summed E-state index contributed by atoms with van der Waals surface area (Å²) in [6, 6.07) is 6.88. The quantitative estimate of drug-likeness (QED) is 0.908. The maximum atomic E-state index is 11.9. The summed E-state index contributed by atoms with van der Waals surface area (Å²) >= 11 is 5.59. The Morgan fingerprint density at radius 3 is 2.56 bits per heavy atom. The number of anilines is 1. The van der Waals surface area contributed by atoms with Crippen LogP contribution < -0.4 is 10.2 Å². The van der Waals surface area contributed by atoms with Crippen LogP contribution in [0.25, 0.3) is 0 Å². The maximum Gasteiger partial charge on any atom is 0.253 e. The molecule has 0 aromatic heterocycles. The number of nitrogens with one attached hydrogen (secondary N) is 1. The minimum Gasteiger partial charge on any atom is -0.347 e. The highest BCUT2D eigenvalue weighted by Gasteiger charge is 2.15. The van der Waals surface area contributed by atoms with Gasteiger partial charge in [0.05, 0.1) is 17.8 Å². The van der Waals surface area contributed by atoms with Crippen molar-refractivity contribution < 1.29 is 9.59 Å². The Hall–Kier alpha value is -1.81. The zero-order chi connectivity index (χ0) is 13.7. The number of hydrogen-bond donors (Lipinski definition) is 1. The maximum absolute atomic E-state index is 11.9. The Kier molecular flexibility index (Phi) is 4.92. The van der Waals surface area contributed by atoms with E-state index in [1.54, 1.807) is 31.3 Å². The molecule has 1 rings (SSSR count). The van der Waals surface area contributed by atoms with E-state index in [-0.39, 0.29) is 18.4 Å². The van der Waals surface area contributed by atoms with Crippen molar-refractivity contribution in [2.45, 2.75) is 6.92 Å². The number of carbonyl (C=O) groups is 2. The van der Waals surface area contributed by atoms with Crippen LogP contribution in [0, 0.1) is 0 Å². The molecular formula is C13H15ClN2O2. The van der Waals surface area contributed by atoms with E-state index in [1.165, 1.54) is 11.8 Å². The number of benzene rings is 1. The lowest BCUT2D eigenvalue weighted by Gasteiger charge is -2.18. The zero-order valence-corrected chi connectivity index (χ0v) is 11.1. The Labute approximate surface area is 111 Å². The first-order chi connectivity index (χ1) is 8.43. The number of nitrogens with zero attached hydrogens (tertiary/aromatic N) is 1. The zero-order valence-electron chi connectivity index (χ0n) is 10.4. The first-order valence-corrected chi connectivity index (χ1v) is 5.76. The lowest BCUT2D eigenvalue weighted by atomic mass is 10.1. The monoisotopic (exact) mass is 266 g/mol. The number of halogens is 1. The van der Waals surface area contributed by atoms with Gasteiger partial charge in [-0.05, 0) is 12.1 Å². The van der Waals surface area contributed by atoms with Crippen molar-refractivity contribution in [2.24, 2.45) is 0 Å². The van der Waals surface area contributed by atoms with Crippen LogP contribution in [0.3, 0.4) is 0 Å². The van der Waals surface area contributed by atoms with Crippen molar-refractivity contribution in [3.63, 3.8) is 0 Å². The molecule has 1 aromatic carbocycles. The van der Waals surface area contributed by atoms with E-state index in [4.69, 9.17) is 11.6 Å². The second-order valence-electron chi connectivity index (χ2n) is 3.80. The Balaban J connectivity index is 2.98. The third kappa shape index (κ3) is 3.60. The lowest BCUT2D eigenvalue weighted by molar-refractivity contribution is -0.116. The molecule has 5 heteroatoms. The second kappa shape index (κ2) is 6.21. The molecule has 0 saturated heterocycles. The van der Waals surface area contributed by atoms with Crippen molar-refractivity contribution in [3.8, 4) is 0 Å². The molecule has 0 aliphatic heterocycles. The number of hydrogen-bond acceptors (Lipinski definition) is 2. The molecule has 0 aliphatic rings. The summed E-state index contributed by atoms with van der Waals surface area (Å²) < 4.78 is 0. The topological polar surface area (TPSA) is 49.4 Å². The predicted octanol–water partition coefficient (Wildman–Crippen LogP) is 2.15. The van der Waals surface area contributed by atoms with Crippen molar-refractivity contribution in [1.82, 2.24) is 5.32 Å². The number of para-hydroxylation sites is 1. The van der Waals surface area contributed by atoms with Crippen molar-refractivity contribution >= 4 is 29.1 Å². The molecule has 1 aromatic rings. The first kappa shape index (κ1) is 14.3. The van der Waals surface area contributed by atoms with Gasteiger partial charge in [-0.25, -0.2) is 0 Å². The second-order valence-corrected chi connectivity index (χ2v) is 4.33. The summed E-state index contributed by atoms with van der Waals surface area (Å²) in [5.74, 6) is -0.433. The Morgan fingerprint density at radius 2 is 2.00 bits per heavy atom. The summed E-state index contributed by atoms with van der Waals surface area (Å²) in [5, 5.41) is 2.97. The standard InChI is InChI=1S/C13H15ClN2O2/c1-9(14)8-15-13(18)11-6-4-5-7-12(11)16(3)10(2)17/h4-7H,1,8H2,2-3H3,(H,15,18). The predicted molar refractivity (Wildman–Crippen MR) is 72.9 cm³/mol. The number of amides is 2. The summed E-state index contributed by atoms with van der Waals surface area (Å²) in [4.78, 5) is 24.7. The minimum absolute atomic E-state index is 0.142.